The third-order valence-corrected chi connectivity index (χ3v) is 3.53. The third kappa shape index (κ3) is 4.92. The van der Waals surface area contributed by atoms with Crippen LogP contribution in [0.1, 0.15) is 41.5 Å². The molecule has 0 bridgehead atoms. The summed E-state index contributed by atoms with van der Waals surface area (Å²) in [7, 11) is 2.65. The lowest BCUT2D eigenvalue weighted by Crippen LogP contribution is -2.16. The normalized spacial score (nSPS) is 11.3. The zero-order valence-electron chi connectivity index (χ0n) is 15.7. The Morgan fingerprint density at radius 2 is 1.73 bits per heavy atom. The molecule has 0 amide bonds. The predicted octanol–water partition coefficient (Wildman–Crippen LogP) is 3.14. The van der Waals surface area contributed by atoms with Crippen LogP contribution in [0.4, 0.5) is 0 Å². The number of pyridine rings is 1. The monoisotopic (exact) mass is 360 g/mol. The largest absolute Gasteiger partial charge is 0.465 e. The molecule has 0 fully saturated rings. The van der Waals surface area contributed by atoms with E-state index in [2.05, 4.69) is 30.5 Å². The number of carbonyl (C=O) groups excluding carboxylic acids is 2. The number of nitrogens with zero attached hydrogens (tertiary/aromatic N) is 2. The van der Waals surface area contributed by atoms with Crippen LogP contribution in [-0.4, -0.2) is 42.3 Å². The molecule has 0 saturated carbocycles. The molecular weight excluding hydrogens is 336 g/mol. The average molecular weight is 360 g/mol. The zero-order chi connectivity index (χ0) is 19.3. The van der Waals surface area contributed by atoms with Crippen molar-refractivity contribution in [1.29, 1.82) is 0 Å². The van der Waals surface area contributed by atoms with E-state index >= 15 is 0 Å². The first kappa shape index (κ1) is 19.7. The van der Waals surface area contributed by atoms with Gasteiger partial charge in [-0.25, -0.2) is 9.59 Å². The molecule has 0 spiro atoms. The molecule has 2 rings (SSSR count). The number of hydrogen-bond donors (Lipinski definition) is 0. The van der Waals surface area contributed by atoms with Crippen LogP contribution in [0.5, 0.6) is 0 Å². The minimum absolute atomic E-state index is 0.0267. The molecule has 2 aromatic rings. The molecule has 0 unspecified atom stereocenters. The standard InChI is InChI=1S/C19H24N2O5/c1-19(2,3)11-26-12-21-10-14(18(23)25-5)8-16(21)15-7-6-13(9-20-15)17(22)24-4/h6-10H,11-12H2,1-5H3. The lowest BCUT2D eigenvalue weighted by Gasteiger charge is -2.19. The fourth-order valence-electron chi connectivity index (χ4n) is 2.30. The SMILES string of the molecule is COC(=O)c1ccc(-c2cc(C(=O)OC)cn2COCC(C)(C)C)nc1. The quantitative estimate of drug-likeness (QED) is 0.736. The lowest BCUT2D eigenvalue weighted by atomic mass is 9.99. The van der Waals surface area contributed by atoms with Crippen LogP contribution < -0.4 is 0 Å². The molecule has 7 heteroatoms. The van der Waals surface area contributed by atoms with Crippen molar-refractivity contribution in [1.82, 2.24) is 9.55 Å². The van der Waals surface area contributed by atoms with Gasteiger partial charge in [-0.1, -0.05) is 20.8 Å². The lowest BCUT2D eigenvalue weighted by molar-refractivity contribution is 0.0281. The smallest absolute Gasteiger partial charge is 0.339 e. The maximum Gasteiger partial charge on any atom is 0.339 e. The molecule has 2 aromatic heterocycles. The molecule has 0 N–H and O–H groups in total. The number of aromatic nitrogens is 2. The van der Waals surface area contributed by atoms with E-state index in [9.17, 15) is 9.59 Å². The number of carbonyl (C=O) groups is 2. The van der Waals surface area contributed by atoms with E-state index in [1.165, 1.54) is 20.4 Å². The number of methoxy groups -OCH3 is 2. The highest BCUT2D eigenvalue weighted by Gasteiger charge is 2.17. The van der Waals surface area contributed by atoms with Crippen molar-refractivity contribution in [3.63, 3.8) is 0 Å². The van der Waals surface area contributed by atoms with E-state index in [1.807, 2.05) is 0 Å². The van der Waals surface area contributed by atoms with Gasteiger partial charge in [0.2, 0.25) is 0 Å². The molecular formula is C19H24N2O5. The van der Waals surface area contributed by atoms with Gasteiger partial charge in [0.25, 0.3) is 0 Å². The summed E-state index contributed by atoms with van der Waals surface area (Å²) in [6.07, 6.45) is 3.10. The van der Waals surface area contributed by atoms with Gasteiger partial charge in [-0.05, 0) is 23.6 Å². The zero-order valence-corrected chi connectivity index (χ0v) is 15.7. The van der Waals surface area contributed by atoms with Crippen LogP contribution >= 0.6 is 0 Å². The molecule has 0 radical (unpaired) electrons. The van der Waals surface area contributed by atoms with Crippen LogP contribution in [0, 0.1) is 5.41 Å². The second-order valence-corrected chi connectivity index (χ2v) is 7.04. The van der Waals surface area contributed by atoms with Crippen LogP contribution in [0.15, 0.2) is 30.6 Å². The van der Waals surface area contributed by atoms with Gasteiger partial charge in [-0.15, -0.1) is 0 Å². The molecule has 0 aliphatic heterocycles. The van der Waals surface area contributed by atoms with Crippen LogP contribution in [-0.2, 0) is 20.9 Å². The summed E-state index contributed by atoms with van der Waals surface area (Å²) in [5.74, 6) is -0.893. The topological polar surface area (TPSA) is 79.7 Å². The molecule has 26 heavy (non-hydrogen) atoms. The molecule has 7 nitrogen and oxygen atoms in total. The molecule has 140 valence electrons. The van der Waals surface area contributed by atoms with E-state index in [-0.39, 0.29) is 12.1 Å². The summed E-state index contributed by atoms with van der Waals surface area (Å²) in [6.45, 7) is 7.07. The fourth-order valence-corrected chi connectivity index (χ4v) is 2.30. The van der Waals surface area contributed by atoms with Gasteiger partial charge in [-0.2, -0.15) is 0 Å². The first-order valence-corrected chi connectivity index (χ1v) is 8.16. The fraction of sp³-hybridized carbons (Fsp3) is 0.421. The van der Waals surface area contributed by atoms with Gasteiger partial charge in [-0.3, -0.25) is 4.98 Å². The predicted molar refractivity (Wildman–Crippen MR) is 95.7 cm³/mol. The molecule has 2 heterocycles. The van der Waals surface area contributed by atoms with Crippen molar-refractivity contribution in [2.24, 2.45) is 5.41 Å². The van der Waals surface area contributed by atoms with Gasteiger partial charge in [0.05, 0.1) is 43.3 Å². The molecule has 0 aliphatic rings. The number of rotatable bonds is 6. The Kier molecular flexibility index (Phi) is 6.15. The highest BCUT2D eigenvalue weighted by atomic mass is 16.5. The second-order valence-electron chi connectivity index (χ2n) is 7.04. The summed E-state index contributed by atoms with van der Waals surface area (Å²) in [5.41, 5.74) is 2.08. The van der Waals surface area contributed by atoms with Gasteiger partial charge in [0, 0.05) is 12.4 Å². The molecule has 0 aliphatic carbocycles. The Bertz CT molecular complexity index is 772. The van der Waals surface area contributed by atoms with Crippen molar-refractivity contribution < 1.29 is 23.8 Å². The Balaban J connectivity index is 2.31. The highest BCUT2D eigenvalue weighted by Crippen LogP contribution is 2.23. The maximum atomic E-state index is 11.9. The summed E-state index contributed by atoms with van der Waals surface area (Å²) in [4.78, 5) is 27.7. The summed E-state index contributed by atoms with van der Waals surface area (Å²) >= 11 is 0. The van der Waals surface area contributed by atoms with Crippen molar-refractivity contribution >= 4 is 11.9 Å². The second kappa shape index (κ2) is 8.14. The van der Waals surface area contributed by atoms with E-state index < -0.39 is 11.9 Å². The van der Waals surface area contributed by atoms with Crippen molar-refractivity contribution in [2.45, 2.75) is 27.5 Å². The first-order valence-electron chi connectivity index (χ1n) is 8.16. The highest BCUT2D eigenvalue weighted by molar-refractivity contribution is 5.91. The van der Waals surface area contributed by atoms with Crippen LogP contribution in [0.2, 0.25) is 0 Å². The van der Waals surface area contributed by atoms with Gasteiger partial charge in [0.15, 0.2) is 0 Å². The Morgan fingerprint density at radius 1 is 1.08 bits per heavy atom. The van der Waals surface area contributed by atoms with Crippen molar-refractivity contribution in [2.75, 3.05) is 20.8 Å². The average Bonchev–Trinajstić information content (AvgIpc) is 3.03. The summed E-state index contributed by atoms with van der Waals surface area (Å²) in [6, 6.07) is 5.01. The van der Waals surface area contributed by atoms with Crippen molar-refractivity contribution in [3.8, 4) is 11.4 Å². The number of hydrogen-bond acceptors (Lipinski definition) is 6. The Hall–Kier alpha value is -2.67. The van der Waals surface area contributed by atoms with E-state index in [1.54, 1.807) is 29.0 Å². The Morgan fingerprint density at radius 3 is 2.27 bits per heavy atom. The van der Waals surface area contributed by atoms with Crippen LogP contribution in [0.25, 0.3) is 11.4 Å². The maximum absolute atomic E-state index is 11.9. The van der Waals surface area contributed by atoms with Crippen molar-refractivity contribution in [3.05, 3.63) is 41.7 Å². The third-order valence-electron chi connectivity index (χ3n) is 3.53. The van der Waals surface area contributed by atoms with E-state index in [4.69, 9.17) is 9.47 Å². The summed E-state index contributed by atoms with van der Waals surface area (Å²) < 4.78 is 17.0. The van der Waals surface area contributed by atoms with E-state index in [0.29, 0.717) is 29.1 Å². The van der Waals surface area contributed by atoms with Crippen LogP contribution in [0.3, 0.4) is 0 Å². The number of ether oxygens (including phenoxy) is 3. The van der Waals surface area contributed by atoms with Gasteiger partial charge in [0.1, 0.15) is 6.73 Å². The number of esters is 2. The molecule has 0 atom stereocenters. The molecule has 0 saturated heterocycles. The minimum atomic E-state index is -0.455. The molecule has 0 aromatic carbocycles. The van der Waals surface area contributed by atoms with E-state index in [0.717, 1.165) is 0 Å². The van der Waals surface area contributed by atoms with Gasteiger partial charge < -0.3 is 18.8 Å². The van der Waals surface area contributed by atoms with Gasteiger partial charge >= 0.3 is 11.9 Å². The Labute approximate surface area is 152 Å². The minimum Gasteiger partial charge on any atom is -0.465 e. The first-order chi connectivity index (χ1) is 12.2. The summed E-state index contributed by atoms with van der Waals surface area (Å²) in [5, 5.41) is 0.